The number of hydrogen-bond acceptors (Lipinski definition) is 0. The minimum absolute atomic E-state index is 0.824. The van der Waals surface area contributed by atoms with Gasteiger partial charge in [-0.25, -0.2) is 0 Å². The first-order chi connectivity index (χ1) is 4.18. The molecule has 0 rings (SSSR count). The molecule has 1 atom stereocenters. The van der Waals surface area contributed by atoms with Crippen LogP contribution in [0.5, 0.6) is 0 Å². The molecule has 0 aromatic heterocycles. The van der Waals surface area contributed by atoms with E-state index < -0.39 is 0 Å². The van der Waals surface area contributed by atoms with E-state index in [1.165, 1.54) is 12.8 Å². The molecule has 0 saturated carbocycles. The molecule has 0 heterocycles. The fraction of sp³-hybridized carbons (Fsp3) is 0.778. The van der Waals surface area contributed by atoms with Gasteiger partial charge in [-0.15, -0.1) is 6.58 Å². The second-order valence-corrected chi connectivity index (χ2v) is 3.09. The van der Waals surface area contributed by atoms with Crippen molar-refractivity contribution >= 4 is 0 Å². The Morgan fingerprint density at radius 1 is 1.33 bits per heavy atom. The Labute approximate surface area is 59.0 Å². The number of allylic oxidation sites excluding steroid dienone is 1. The summed E-state index contributed by atoms with van der Waals surface area (Å²) in [5, 5.41) is 0. The van der Waals surface area contributed by atoms with Crippen LogP contribution < -0.4 is 0 Å². The molecule has 0 aliphatic heterocycles. The monoisotopic (exact) mass is 126 g/mol. The van der Waals surface area contributed by atoms with Gasteiger partial charge in [0.15, 0.2) is 0 Å². The highest BCUT2D eigenvalue weighted by atomic mass is 14.1. The van der Waals surface area contributed by atoms with E-state index in [9.17, 15) is 0 Å². The van der Waals surface area contributed by atoms with Crippen molar-refractivity contribution in [2.75, 3.05) is 0 Å². The van der Waals surface area contributed by atoms with Gasteiger partial charge >= 0.3 is 0 Å². The highest BCUT2D eigenvalue weighted by Gasteiger charge is 2.03. The molecule has 0 N–H and O–H groups in total. The van der Waals surface area contributed by atoms with Gasteiger partial charge in [0.25, 0.3) is 0 Å². The first-order valence-electron chi connectivity index (χ1n) is 3.79. The maximum Gasteiger partial charge on any atom is -0.0351 e. The summed E-state index contributed by atoms with van der Waals surface area (Å²) in [5.74, 6) is 1.67. The minimum atomic E-state index is 0.824. The van der Waals surface area contributed by atoms with Crippen LogP contribution in [0.1, 0.15) is 33.6 Å². The zero-order valence-corrected chi connectivity index (χ0v) is 6.85. The summed E-state index contributed by atoms with van der Waals surface area (Å²) in [6.45, 7) is 10.5. The van der Waals surface area contributed by atoms with Crippen LogP contribution in [0.2, 0.25) is 0 Å². The van der Waals surface area contributed by atoms with Crippen molar-refractivity contribution in [3.8, 4) is 0 Å². The highest BCUT2D eigenvalue weighted by molar-refractivity contribution is 4.69. The van der Waals surface area contributed by atoms with Crippen LogP contribution in [0.3, 0.4) is 0 Å². The lowest BCUT2D eigenvalue weighted by Gasteiger charge is -2.13. The third-order valence-corrected chi connectivity index (χ3v) is 1.96. The van der Waals surface area contributed by atoms with Gasteiger partial charge in [0.1, 0.15) is 0 Å². The topological polar surface area (TPSA) is 0 Å². The largest absolute Gasteiger partial charge is 0.103 e. The molecule has 0 radical (unpaired) electrons. The van der Waals surface area contributed by atoms with Gasteiger partial charge in [-0.2, -0.15) is 0 Å². The van der Waals surface area contributed by atoms with E-state index >= 15 is 0 Å². The van der Waals surface area contributed by atoms with Crippen molar-refractivity contribution in [3.05, 3.63) is 12.7 Å². The molecule has 0 spiro atoms. The van der Waals surface area contributed by atoms with Crippen molar-refractivity contribution in [3.63, 3.8) is 0 Å². The lowest BCUT2D eigenvalue weighted by molar-refractivity contribution is 0.395. The van der Waals surface area contributed by atoms with E-state index in [0.29, 0.717) is 0 Å². The van der Waals surface area contributed by atoms with Gasteiger partial charge in [-0.1, -0.05) is 26.8 Å². The predicted molar refractivity (Wildman–Crippen MR) is 43.4 cm³/mol. The SMILES string of the molecule is C=CCC[C@H](C)C(C)C. The molecule has 0 aromatic rings. The van der Waals surface area contributed by atoms with E-state index in [1.807, 2.05) is 6.08 Å². The van der Waals surface area contributed by atoms with Gasteiger partial charge in [0.2, 0.25) is 0 Å². The zero-order valence-electron chi connectivity index (χ0n) is 6.85. The van der Waals surface area contributed by atoms with Crippen molar-refractivity contribution < 1.29 is 0 Å². The molecule has 9 heavy (non-hydrogen) atoms. The molecule has 0 bridgehead atoms. The molecular formula is C9H18. The minimum Gasteiger partial charge on any atom is -0.103 e. The molecule has 0 nitrogen and oxygen atoms in total. The Hall–Kier alpha value is -0.260. The normalized spacial score (nSPS) is 13.8. The molecule has 54 valence electrons. The number of rotatable bonds is 4. The summed E-state index contributed by atoms with van der Waals surface area (Å²) in [7, 11) is 0. The Bertz CT molecular complexity index is 72.1. The van der Waals surface area contributed by atoms with Crippen LogP contribution in [-0.4, -0.2) is 0 Å². The first-order valence-corrected chi connectivity index (χ1v) is 3.79. The fourth-order valence-electron chi connectivity index (χ4n) is 0.714. The summed E-state index contributed by atoms with van der Waals surface area (Å²) in [5.41, 5.74) is 0. The van der Waals surface area contributed by atoms with Crippen LogP contribution >= 0.6 is 0 Å². The molecule has 0 fully saturated rings. The van der Waals surface area contributed by atoms with Gasteiger partial charge < -0.3 is 0 Å². The van der Waals surface area contributed by atoms with Crippen molar-refractivity contribution in [1.29, 1.82) is 0 Å². The van der Waals surface area contributed by atoms with Crippen LogP contribution in [0.15, 0.2) is 12.7 Å². The average Bonchev–Trinajstić information content (AvgIpc) is 1.82. The highest BCUT2D eigenvalue weighted by Crippen LogP contribution is 2.15. The van der Waals surface area contributed by atoms with Crippen LogP contribution in [0.4, 0.5) is 0 Å². The Balaban J connectivity index is 3.26. The Morgan fingerprint density at radius 3 is 2.22 bits per heavy atom. The quantitative estimate of drug-likeness (QED) is 0.507. The maximum atomic E-state index is 3.69. The zero-order chi connectivity index (χ0) is 7.28. The molecule has 0 aliphatic rings. The van der Waals surface area contributed by atoms with Crippen molar-refractivity contribution in [2.45, 2.75) is 33.6 Å². The lowest BCUT2D eigenvalue weighted by atomic mass is 9.93. The summed E-state index contributed by atoms with van der Waals surface area (Å²) in [6.07, 6.45) is 4.46. The summed E-state index contributed by atoms with van der Waals surface area (Å²) >= 11 is 0. The van der Waals surface area contributed by atoms with Crippen LogP contribution in [0, 0.1) is 11.8 Å². The van der Waals surface area contributed by atoms with E-state index in [4.69, 9.17) is 0 Å². The molecule has 0 aliphatic carbocycles. The van der Waals surface area contributed by atoms with E-state index in [1.54, 1.807) is 0 Å². The standard InChI is InChI=1S/C9H18/c1-5-6-7-9(4)8(2)3/h5,8-9H,1,6-7H2,2-4H3/t9-/m0/s1. The fourth-order valence-corrected chi connectivity index (χ4v) is 0.714. The summed E-state index contributed by atoms with van der Waals surface area (Å²) in [4.78, 5) is 0. The second-order valence-electron chi connectivity index (χ2n) is 3.09. The van der Waals surface area contributed by atoms with Crippen LogP contribution in [-0.2, 0) is 0 Å². The molecule has 0 aromatic carbocycles. The molecule has 0 heteroatoms. The van der Waals surface area contributed by atoms with Gasteiger partial charge in [-0.05, 0) is 24.7 Å². The van der Waals surface area contributed by atoms with Gasteiger partial charge in [-0.3, -0.25) is 0 Å². The van der Waals surface area contributed by atoms with Gasteiger partial charge in [0, 0.05) is 0 Å². The summed E-state index contributed by atoms with van der Waals surface area (Å²) in [6, 6.07) is 0. The van der Waals surface area contributed by atoms with Crippen molar-refractivity contribution in [2.24, 2.45) is 11.8 Å². The van der Waals surface area contributed by atoms with E-state index in [2.05, 4.69) is 27.4 Å². The predicted octanol–water partition coefficient (Wildman–Crippen LogP) is 3.24. The first kappa shape index (κ1) is 8.74. The molecule has 0 amide bonds. The van der Waals surface area contributed by atoms with Gasteiger partial charge in [0.05, 0.1) is 0 Å². The Morgan fingerprint density at radius 2 is 1.89 bits per heavy atom. The maximum absolute atomic E-state index is 3.69. The third-order valence-electron chi connectivity index (χ3n) is 1.96. The molecule has 0 saturated heterocycles. The van der Waals surface area contributed by atoms with E-state index in [-0.39, 0.29) is 0 Å². The summed E-state index contributed by atoms with van der Waals surface area (Å²) < 4.78 is 0. The van der Waals surface area contributed by atoms with Crippen molar-refractivity contribution in [1.82, 2.24) is 0 Å². The molecular weight excluding hydrogens is 108 g/mol. The van der Waals surface area contributed by atoms with Crippen LogP contribution in [0.25, 0.3) is 0 Å². The Kier molecular flexibility index (Phi) is 4.47. The second kappa shape index (κ2) is 4.60. The van der Waals surface area contributed by atoms with E-state index in [0.717, 1.165) is 11.8 Å². The lowest BCUT2D eigenvalue weighted by Crippen LogP contribution is -2.02. The smallest absolute Gasteiger partial charge is 0.0351 e. The average molecular weight is 126 g/mol. The molecule has 0 unspecified atom stereocenters. The number of hydrogen-bond donors (Lipinski definition) is 0. The third kappa shape index (κ3) is 4.26.